The Bertz CT molecular complexity index is 643. The molecular formula is C17H20F2N2O2. The van der Waals surface area contributed by atoms with Gasteiger partial charge in [0.05, 0.1) is 0 Å². The number of carbonyl (C=O) groups excluding carboxylic acids is 2. The molecule has 2 aliphatic rings. The van der Waals surface area contributed by atoms with Gasteiger partial charge in [-0.15, -0.1) is 0 Å². The van der Waals surface area contributed by atoms with Gasteiger partial charge in [0.15, 0.2) is 0 Å². The first-order valence-electron chi connectivity index (χ1n) is 8.01. The Kier molecular flexibility index (Phi) is 4.08. The van der Waals surface area contributed by atoms with Gasteiger partial charge in [-0.2, -0.15) is 0 Å². The quantitative estimate of drug-likeness (QED) is 0.868. The van der Waals surface area contributed by atoms with Crippen LogP contribution < -0.4 is 5.32 Å². The molecular weight excluding hydrogens is 302 g/mol. The highest BCUT2D eigenvalue weighted by molar-refractivity contribution is 6.07. The molecule has 0 radical (unpaired) electrons. The molecule has 0 spiro atoms. The van der Waals surface area contributed by atoms with Crippen LogP contribution in [0.15, 0.2) is 18.2 Å². The summed E-state index contributed by atoms with van der Waals surface area (Å²) >= 11 is 0. The van der Waals surface area contributed by atoms with Crippen molar-refractivity contribution in [1.82, 2.24) is 10.2 Å². The maximum Gasteiger partial charge on any atom is 0.325 e. The van der Waals surface area contributed by atoms with Crippen LogP contribution in [0.1, 0.15) is 44.6 Å². The third-order valence-electron chi connectivity index (χ3n) is 4.91. The third kappa shape index (κ3) is 2.82. The molecule has 6 heteroatoms. The van der Waals surface area contributed by atoms with Crippen molar-refractivity contribution in [3.63, 3.8) is 0 Å². The average molecular weight is 322 g/mol. The summed E-state index contributed by atoms with van der Waals surface area (Å²) < 4.78 is 27.2. The van der Waals surface area contributed by atoms with Crippen molar-refractivity contribution < 1.29 is 18.4 Å². The predicted molar refractivity (Wildman–Crippen MR) is 80.5 cm³/mol. The molecule has 3 amide bonds. The highest BCUT2D eigenvalue weighted by Gasteiger charge is 2.50. The van der Waals surface area contributed by atoms with Gasteiger partial charge in [-0.3, -0.25) is 9.69 Å². The van der Waals surface area contributed by atoms with E-state index in [2.05, 4.69) is 5.32 Å². The van der Waals surface area contributed by atoms with Crippen LogP contribution in [0.25, 0.3) is 0 Å². The second-order valence-electron chi connectivity index (χ2n) is 6.60. The molecule has 124 valence electrons. The first-order valence-corrected chi connectivity index (χ1v) is 8.01. The van der Waals surface area contributed by atoms with Crippen LogP contribution in [0.5, 0.6) is 0 Å². The highest BCUT2D eigenvalue weighted by Crippen LogP contribution is 2.33. The number of halogens is 2. The Hall–Kier alpha value is -1.98. The number of urea groups is 1. The van der Waals surface area contributed by atoms with Crippen LogP contribution in [0.4, 0.5) is 13.6 Å². The number of hydrogen-bond acceptors (Lipinski definition) is 2. The van der Waals surface area contributed by atoms with Crippen LogP contribution >= 0.6 is 0 Å². The molecule has 1 atom stereocenters. The molecule has 1 N–H and O–H groups in total. The summed E-state index contributed by atoms with van der Waals surface area (Å²) in [5, 5.41) is 2.57. The monoisotopic (exact) mass is 322 g/mol. The molecule has 4 nitrogen and oxygen atoms in total. The van der Waals surface area contributed by atoms with Gasteiger partial charge in [-0.05, 0) is 31.7 Å². The van der Waals surface area contributed by atoms with Crippen molar-refractivity contribution in [1.29, 1.82) is 0 Å². The van der Waals surface area contributed by atoms with Crippen LogP contribution in [-0.2, 0) is 10.3 Å². The van der Waals surface area contributed by atoms with Crippen LogP contribution in [0, 0.1) is 17.6 Å². The van der Waals surface area contributed by atoms with E-state index in [1.54, 1.807) is 0 Å². The zero-order valence-corrected chi connectivity index (χ0v) is 13.1. The van der Waals surface area contributed by atoms with Gasteiger partial charge in [0.2, 0.25) is 0 Å². The number of amides is 3. The lowest BCUT2D eigenvalue weighted by molar-refractivity contribution is -0.131. The van der Waals surface area contributed by atoms with Gasteiger partial charge in [0, 0.05) is 18.2 Å². The standard InChI is InChI=1S/C17H20F2N2O2/c1-17(13-8-7-12(18)9-14(13)19)15(22)21(16(23)20-17)10-11-5-3-2-4-6-11/h7-9,11H,2-6,10H2,1H3,(H,20,23). The topological polar surface area (TPSA) is 49.4 Å². The van der Waals surface area contributed by atoms with Gasteiger partial charge in [-0.25, -0.2) is 13.6 Å². The Morgan fingerprint density at radius 2 is 1.91 bits per heavy atom. The summed E-state index contributed by atoms with van der Waals surface area (Å²) in [5.74, 6) is -1.72. The molecule has 1 heterocycles. The van der Waals surface area contributed by atoms with Crippen molar-refractivity contribution in [2.24, 2.45) is 5.92 Å². The molecule has 3 rings (SSSR count). The zero-order valence-electron chi connectivity index (χ0n) is 13.1. The number of nitrogens with zero attached hydrogens (tertiary/aromatic N) is 1. The smallest absolute Gasteiger partial charge is 0.319 e. The third-order valence-corrected chi connectivity index (χ3v) is 4.91. The summed E-state index contributed by atoms with van der Waals surface area (Å²) in [6, 6.07) is 2.52. The minimum absolute atomic E-state index is 0.0107. The SMILES string of the molecule is CC1(c2ccc(F)cc2F)NC(=O)N(CC2CCCCC2)C1=O. The van der Waals surface area contributed by atoms with E-state index in [4.69, 9.17) is 0 Å². The molecule has 0 bridgehead atoms. The lowest BCUT2D eigenvalue weighted by atomic mass is 9.88. The van der Waals surface area contributed by atoms with E-state index < -0.39 is 29.1 Å². The second kappa shape index (κ2) is 5.91. The maximum absolute atomic E-state index is 14.1. The molecule has 2 fully saturated rings. The van der Waals surface area contributed by atoms with Gasteiger partial charge in [-0.1, -0.05) is 25.3 Å². The van der Waals surface area contributed by atoms with Crippen LogP contribution in [-0.4, -0.2) is 23.4 Å². The van der Waals surface area contributed by atoms with Crippen molar-refractivity contribution in [2.45, 2.75) is 44.6 Å². The minimum atomic E-state index is -1.48. The van der Waals surface area contributed by atoms with E-state index in [0.29, 0.717) is 12.5 Å². The van der Waals surface area contributed by atoms with E-state index in [1.165, 1.54) is 24.3 Å². The minimum Gasteiger partial charge on any atom is -0.319 e. The van der Waals surface area contributed by atoms with Crippen molar-refractivity contribution >= 4 is 11.9 Å². The fourth-order valence-electron chi connectivity index (χ4n) is 3.57. The van der Waals surface area contributed by atoms with Gasteiger partial charge < -0.3 is 5.32 Å². The summed E-state index contributed by atoms with van der Waals surface area (Å²) in [6.45, 7) is 1.83. The summed E-state index contributed by atoms with van der Waals surface area (Å²) in [4.78, 5) is 26.1. The van der Waals surface area contributed by atoms with Gasteiger partial charge in [0.25, 0.3) is 5.91 Å². The lowest BCUT2D eigenvalue weighted by Crippen LogP contribution is -2.42. The summed E-state index contributed by atoms with van der Waals surface area (Å²) in [5.41, 5.74) is -1.49. The zero-order chi connectivity index (χ0) is 16.6. The van der Waals surface area contributed by atoms with E-state index in [1.807, 2.05) is 0 Å². The number of nitrogens with one attached hydrogen (secondary N) is 1. The molecule has 1 aliphatic heterocycles. The van der Waals surface area contributed by atoms with Gasteiger partial charge in [0.1, 0.15) is 17.2 Å². The molecule has 1 aliphatic carbocycles. The van der Waals surface area contributed by atoms with Crippen molar-refractivity contribution in [3.05, 3.63) is 35.4 Å². The summed E-state index contributed by atoms with van der Waals surface area (Å²) in [7, 11) is 0. The van der Waals surface area contributed by atoms with E-state index in [-0.39, 0.29) is 5.56 Å². The number of carbonyl (C=O) groups is 2. The Labute approximate surface area is 133 Å². The normalized spacial score (nSPS) is 25.8. The Balaban J connectivity index is 1.84. The fraction of sp³-hybridized carbons (Fsp3) is 0.529. The van der Waals surface area contributed by atoms with E-state index in [0.717, 1.165) is 37.8 Å². The highest BCUT2D eigenvalue weighted by atomic mass is 19.1. The molecule has 1 saturated carbocycles. The van der Waals surface area contributed by atoms with E-state index in [9.17, 15) is 18.4 Å². The Morgan fingerprint density at radius 1 is 1.22 bits per heavy atom. The number of benzene rings is 1. The van der Waals surface area contributed by atoms with Crippen LogP contribution in [0.2, 0.25) is 0 Å². The molecule has 1 aromatic rings. The van der Waals surface area contributed by atoms with Crippen molar-refractivity contribution in [2.75, 3.05) is 6.54 Å². The van der Waals surface area contributed by atoms with Crippen molar-refractivity contribution in [3.8, 4) is 0 Å². The molecule has 0 aromatic heterocycles. The summed E-state index contributed by atoms with van der Waals surface area (Å²) in [6.07, 6.45) is 5.41. The number of hydrogen-bond donors (Lipinski definition) is 1. The predicted octanol–water partition coefficient (Wildman–Crippen LogP) is 3.31. The maximum atomic E-state index is 14.1. The largest absolute Gasteiger partial charge is 0.325 e. The van der Waals surface area contributed by atoms with Gasteiger partial charge >= 0.3 is 6.03 Å². The first-order chi connectivity index (χ1) is 10.9. The fourth-order valence-corrected chi connectivity index (χ4v) is 3.57. The second-order valence-corrected chi connectivity index (χ2v) is 6.60. The molecule has 1 saturated heterocycles. The average Bonchev–Trinajstić information content (AvgIpc) is 2.72. The number of rotatable bonds is 3. The lowest BCUT2D eigenvalue weighted by Gasteiger charge is -2.26. The first kappa shape index (κ1) is 15.9. The van der Waals surface area contributed by atoms with Crippen LogP contribution in [0.3, 0.4) is 0 Å². The van der Waals surface area contributed by atoms with E-state index >= 15 is 0 Å². The molecule has 1 unspecified atom stereocenters. The Morgan fingerprint density at radius 3 is 2.57 bits per heavy atom. The molecule has 23 heavy (non-hydrogen) atoms. The number of imide groups is 1. The molecule has 1 aromatic carbocycles.